The fourth-order valence-corrected chi connectivity index (χ4v) is 1.94. The molecular weight excluding hydrogens is 206 g/mol. The maximum Gasteiger partial charge on any atom is 0.336 e. The zero-order valence-electron chi connectivity index (χ0n) is 10.4. The van der Waals surface area contributed by atoms with Gasteiger partial charge in [0.15, 0.2) is 6.10 Å². The fourth-order valence-electron chi connectivity index (χ4n) is 1.94. The minimum Gasteiger partial charge on any atom is -0.467 e. The molecular formula is C12H23NO3. The zero-order chi connectivity index (χ0) is 11.8. The van der Waals surface area contributed by atoms with Gasteiger partial charge in [0.25, 0.3) is 0 Å². The number of esters is 1. The third kappa shape index (κ3) is 4.49. The number of carbonyl (C=O) groups is 1. The van der Waals surface area contributed by atoms with E-state index in [1.54, 1.807) is 0 Å². The first-order chi connectivity index (χ1) is 7.77. The molecule has 1 unspecified atom stereocenters. The molecule has 0 aromatic heterocycles. The van der Waals surface area contributed by atoms with E-state index in [1.165, 1.54) is 32.8 Å². The van der Waals surface area contributed by atoms with E-state index in [0.717, 1.165) is 13.1 Å². The molecule has 1 heterocycles. The minimum absolute atomic E-state index is 0.252. The number of rotatable bonds is 6. The Morgan fingerprint density at radius 2 is 2.25 bits per heavy atom. The molecule has 94 valence electrons. The number of hydrogen-bond acceptors (Lipinski definition) is 4. The number of carbonyl (C=O) groups excluding carboxylic acids is 1. The van der Waals surface area contributed by atoms with Crippen molar-refractivity contribution in [2.24, 2.45) is 0 Å². The summed E-state index contributed by atoms with van der Waals surface area (Å²) in [5.41, 5.74) is 0. The van der Waals surface area contributed by atoms with Crippen molar-refractivity contribution in [3.8, 4) is 0 Å². The SMILES string of the molecule is CCCCCCN1CCOC(C(=O)OC)C1. The van der Waals surface area contributed by atoms with Gasteiger partial charge in [0.2, 0.25) is 0 Å². The van der Waals surface area contributed by atoms with E-state index in [-0.39, 0.29) is 12.1 Å². The van der Waals surface area contributed by atoms with Gasteiger partial charge in [0.05, 0.1) is 13.7 Å². The number of unbranched alkanes of at least 4 members (excludes halogenated alkanes) is 3. The summed E-state index contributed by atoms with van der Waals surface area (Å²) in [4.78, 5) is 13.6. The van der Waals surface area contributed by atoms with Crippen molar-refractivity contribution >= 4 is 5.97 Å². The molecule has 0 bridgehead atoms. The van der Waals surface area contributed by atoms with Crippen molar-refractivity contribution in [1.82, 2.24) is 4.90 Å². The largest absolute Gasteiger partial charge is 0.467 e. The van der Waals surface area contributed by atoms with Crippen LogP contribution in [0.25, 0.3) is 0 Å². The summed E-state index contributed by atoms with van der Waals surface area (Å²) < 4.78 is 10.1. The molecule has 1 fully saturated rings. The van der Waals surface area contributed by atoms with Crippen LogP contribution in [0.4, 0.5) is 0 Å². The van der Waals surface area contributed by atoms with E-state index >= 15 is 0 Å². The van der Waals surface area contributed by atoms with Crippen LogP contribution in [0.15, 0.2) is 0 Å². The van der Waals surface area contributed by atoms with Gasteiger partial charge in [-0.3, -0.25) is 4.90 Å². The number of nitrogens with zero attached hydrogens (tertiary/aromatic N) is 1. The third-order valence-corrected chi connectivity index (χ3v) is 2.94. The van der Waals surface area contributed by atoms with Crippen LogP contribution in [-0.4, -0.2) is 50.3 Å². The minimum atomic E-state index is -0.384. The molecule has 0 N–H and O–H groups in total. The summed E-state index contributed by atoms with van der Waals surface area (Å²) in [6.07, 6.45) is 4.65. The van der Waals surface area contributed by atoms with Gasteiger partial charge in [-0.25, -0.2) is 4.79 Å². The standard InChI is InChI=1S/C12H23NO3/c1-3-4-5-6-7-13-8-9-16-11(10-13)12(14)15-2/h11H,3-10H2,1-2H3. The summed E-state index contributed by atoms with van der Waals surface area (Å²) in [5.74, 6) is -0.252. The highest BCUT2D eigenvalue weighted by molar-refractivity contribution is 5.74. The van der Waals surface area contributed by atoms with Crippen LogP contribution in [-0.2, 0) is 14.3 Å². The molecule has 0 aromatic rings. The monoisotopic (exact) mass is 229 g/mol. The van der Waals surface area contributed by atoms with Crippen LogP contribution in [0.5, 0.6) is 0 Å². The Morgan fingerprint density at radius 1 is 1.44 bits per heavy atom. The second kappa shape index (κ2) is 7.63. The topological polar surface area (TPSA) is 38.8 Å². The first kappa shape index (κ1) is 13.5. The van der Waals surface area contributed by atoms with Gasteiger partial charge in [0.1, 0.15) is 0 Å². The summed E-state index contributed by atoms with van der Waals surface area (Å²) in [7, 11) is 1.41. The number of methoxy groups -OCH3 is 1. The number of hydrogen-bond donors (Lipinski definition) is 0. The summed E-state index contributed by atoms with van der Waals surface area (Å²) >= 11 is 0. The van der Waals surface area contributed by atoms with E-state index in [9.17, 15) is 4.79 Å². The van der Waals surface area contributed by atoms with Crippen molar-refractivity contribution in [3.63, 3.8) is 0 Å². The van der Waals surface area contributed by atoms with Crippen LogP contribution in [0.2, 0.25) is 0 Å². The third-order valence-electron chi connectivity index (χ3n) is 2.94. The molecule has 1 rings (SSSR count). The second-order valence-electron chi connectivity index (χ2n) is 4.24. The van der Waals surface area contributed by atoms with Crippen molar-refractivity contribution in [3.05, 3.63) is 0 Å². The van der Waals surface area contributed by atoms with Gasteiger partial charge in [-0.2, -0.15) is 0 Å². The lowest BCUT2D eigenvalue weighted by Crippen LogP contribution is -2.46. The molecule has 1 aliphatic heterocycles. The fraction of sp³-hybridized carbons (Fsp3) is 0.917. The predicted octanol–water partition coefficient (Wildman–Crippen LogP) is 1.44. The quantitative estimate of drug-likeness (QED) is 0.510. The molecule has 16 heavy (non-hydrogen) atoms. The number of ether oxygens (including phenoxy) is 2. The van der Waals surface area contributed by atoms with Crippen molar-refractivity contribution in [2.45, 2.75) is 38.7 Å². The molecule has 0 radical (unpaired) electrons. The Bertz CT molecular complexity index is 208. The van der Waals surface area contributed by atoms with Crippen molar-refractivity contribution in [2.75, 3.05) is 33.4 Å². The van der Waals surface area contributed by atoms with Crippen LogP contribution in [0, 0.1) is 0 Å². The second-order valence-corrected chi connectivity index (χ2v) is 4.24. The van der Waals surface area contributed by atoms with Crippen LogP contribution >= 0.6 is 0 Å². The predicted molar refractivity (Wildman–Crippen MR) is 62.3 cm³/mol. The normalized spacial score (nSPS) is 22.0. The molecule has 0 spiro atoms. The zero-order valence-corrected chi connectivity index (χ0v) is 10.4. The lowest BCUT2D eigenvalue weighted by Gasteiger charge is -2.31. The van der Waals surface area contributed by atoms with Gasteiger partial charge < -0.3 is 9.47 Å². The van der Waals surface area contributed by atoms with Gasteiger partial charge in [0, 0.05) is 13.1 Å². The van der Waals surface area contributed by atoms with Gasteiger partial charge in [-0.15, -0.1) is 0 Å². The smallest absolute Gasteiger partial charge is 0.336 e. The van der Waals surface area contributed by atoms with E-state index in [4.69, 9.17) is 9.47 Å². The van der Waals surface area contributed by atoms with Crippen LogP contribution in [0.3, 0.4) is 0 Å². The molecule has 0 saturated carbocycles. The van der Waals surface area contributed by atoms with E-state index < -0.39 is 0 Å². The van der Waals surface area contributed by atoms with Gasteiger partial charge in [-0.1, -0.05) is 26.2 Å². The van der Waals surface area contributed by atoms with E-state index in [2.05, 4.69) is 11.8 Å². The Labute approximate surface area is 97.9 Å². The summed E-state index contributed by atoms with van der Waals surface area (Å²) in [5, 5.41) is 0. The molecule has 1 saturated heterocycles. The molecule has 4 heteroatoms. The lowest BCUT2D eigenvalue weighted by atomic mass is 10.2. The Morgan fingerprint density at radius 3 is 2.94 bits per heavy atom. The van der Waals surface area contributed by atoms with Crippen LogP contribution in [0.1, 0.15) is 32.6 Å². The van der Waals surface area contributed by atoms with Crippen LogP contribution < -0.4 is 0 Å². The van der Waals surface area contributed by atoms with Gasteiger partial charge in [-0.05, 0) is 13.0 Å². The molecule has 4 nitrogen and oxygen atoms in total. The lowest BCUT2D eigenvalue weighted by molar-refractivity contribution is -0.159. The molecule has 0 aromatic carbocycles. The maximum absolute atomic E-state index is 11.3. The molecule has 0 aliphatic carbocycles. The van der Waals surface area contributed by atoms with E-state index in [0.29, 0.717) is 13.2 Å². The Kier molecular flexibility index (Phi) is 6.42. The van der Waals surface area contributed by atoms with Gasteiger partial charge >= 0.3 is 5.97 Å². The van der Waals surface area contributed by atoms with E-state index in [1.807, 2.05) is 0 Å². The summed E-state index contributed by atoms with van der Waals surface area (Å²) in [6.45, 7) is 5.52. The highest BCUT2D eigenvalue weighted by Crippen LogP contribution is 2.08. The average Bonchev–Trinajstić information content (AvgIpc) is 2.34. The van der Waals surface area contributed by atoms with Crippen molar-refractivity contribution < 1.29 is 14.3 Å². The summed E-state index contributed by atoms with van der Waals surface area (Å²) in [6, 6.07) is 0. The maximum atomic E-state index is 11.3. The Hall–Kier alpha value is -0.610. The number of morpholine rings is 1. The molecule has 0 amide bonds. The highest BCUT2D eigenvalue weighted by Gasteiger charge is 2.26. The highest BCUT2D eigenvalue weighted by atomic mass is 16.6. The first-order valence-corrected chi connectivity index (χ1v) is 6.19. The molecule has 1 aliphatic rings. The first-order valence-electron chi connectivity index (χ1n) is 6.19. The van der Waals surface area contributed by atoms with Crippen molar-refractivity contribution in [1.29, 1.82) is 0 Å². The average molecular weight is 229 g/mol. The Balaban J connectivity index is 2.20. The molecule has 1 atom stereocenters.